The van der Waals surface area contributed by atoms with Crippen LogP contribution in [0.2, 0.25) is 0 Å². The molecule has 0 heterocycles. The van der Waals surface area contributed by atoms with E-state index >= 15 is 0 Å². The van der Waals surface area contributed by atoms with E-state index in [1.54, 1.807) is 6.92 Å². The first-order valence-corrected chi connectivity index (χ1v) is 15.4. The van der Waals surface area contributed by atoms with E-state index in [1.807, 2.05) is 13.8 Å². The van der Waals surface area contributed by atoms with Gasteiger partial charge in [-0.05, 0) is 86.0 Å². The number of hydrogen-bond donors (Lipinski definition) is 4. The zero-order valence-electron chi connectivity index (χ0n) is 25.9. The smallest absolute Gasteiger partial charge is 0.303 e. The molecule has 0 radical (unpaired) electrons. The molecule has 8 heteroatoms. The number of aliphatic hydroxyl groups is 4. The highest BCUT2D eigenvalue weighted by Gasteiger charge is 2.65. The fourth-order valence-electron chi connectivity index (χ4n) is 9.51. The Morgan fingerprint density at radius 1 is 1.05 bits per heavy atom. The molecular weight excluding hydrogens is 524 g/mol. The monoisotopic (exact) mass is 576 g/mol. The van der Waals surface area contributed by atoms with Crippen LogP contribution in [0.15, 0.2) is 24.3 Å². The molecule has 4 rings (SSSR count). The summed E-state index contributed by atoms with van der Waals surface area (Å²) in [5, 5.41) is 45.3. The van der Waals surface area contributed by atoms with Gasteiger partial charge in [0.25, 0.3) is 0 Å². The maximum absolute atomic E-state index is 12.3. The van der Waals surface area contributed by atoms with Gasteiger partial charge in [0, 0.05) is 26.2 Å². The molecular formula is C33H52O8. The van der Waals surface area contributed by atoms with Crippen molar-refractivity contribution in [3.05, 3.63) is 24.3 Å². The zero-order chi connectivity index (χ0) is 30.7. The normalized spacial score (nSPS) is 42.0. The number of ether oxygens (including phenoxy) is 2. The minimum atomic E-state index is -1.44. The zero-order valence-corrected chi connectivity index (χ0v) is 25.9. The molecule has 0 bridgehead atoms. The Labute approximate surface area is 245 Å². The molecule has 0 aromatic heterocycles. The second-order valence-electron chi connectivity index (χ2n) is 14.5. The van der Waals surface area contributed by atoms with E-state index in [0.717, 1.165) is 32.1 Å². The Balaban J connectivity index is 1.71. The van der Waals surface area contributed by atoms with Crippen molar-refractivity contribution in [3.8, 4) is 0 Å². The number of esters is 2. The van der Waals surface area contributed by atoms with Crippen LogP contribution in [0.3, 0.4) is 0 Å². The summed E-state index contributed by atoms with van der Waals surface area (Å²) in [5.41, 5.74) is -2.18. The average molecular weight is 577 g/mol. The SMILES string of the molecule is C=CC(O)(CC(O)C(C)(O)[C@H]1CCC2C3=C[C@H](OC(C)=O)[C@H]4[C@@H](OC(C)=O)[C@@H](O)CC[C@]4(C)C3CC[C@@]21C)C(C)C. The largest absolute Gasteiger partial charge is 0.459 e. The predicted octanol–water partition coefficient (Wildman–Crippen LogP) is 4.08. The number of fused-ring (bicyclic) bond motifs is 5. The van der Waals surface area contributed by atoms with Crippen molar-refractivity contribution in [2.45, 2.75) is 129 Å². The molecule has 0 saturated heterocycles. The summed E-state index contributed by atoms with van der Waals surface area (Å²) in [5.74, 6) is -1.37. The van der Waals surface area contributed by atoms with Gasteiger partial charge < -0.3 is 29.9 Å². The van der Waals surface area contributed by atoms with Crippen molar-refractivity contribution in [1.82, 2.24) is 0 Å². The van der Waals surface area contributed by atoms with Crippen LogP contribution in [0.4, 0.5) is 0 Å². The minimum absolute atomic E-state index is 0.00211. The molecule has 0 aliphatic heterocycles. The molecule has 12 atom stereocenters. The van der Waals surface area contributed by atoms with Gasteiger partial charge in [0.15, 0.2) is 0 Å². The molecule has 0 aromatic rings. The highest BCUT2D eigenvalue weighted by Crippen LogP contribution is 2.67. The number of allylic oxidation sites excluding steroid dienone is 1. The van der Waals surface area contributed by atoms with Gasteiger partial charge in [0.1, 0.15) is 12.2 Å². The van der Waals surface area contributed by atoms with E-state index in [1.165, 1.54) is 25.5 Å². The van der Waals surface area contributed by atoms with Gasteiger partial charge in [-0.3, -0.25) is 9.59 Å². The third kappa shape index (κ3) is 5.32. The van der Waals surface area contributed by atoms with Crippen molar-refractivity contribution in [1.29, 1.82) is 0 Å². The molecule has 0 aromatic carbocycles. The van der Waals surface area contributed by atoms with Crippen LogP contribution in [0.5, 0.6) is 0 Å². The van der Waals surface area contributed by atoms with Gasteiger partial charge in [-0.1, -0.05) is 39.3 Å². The Morgan fingerprint density at radius 3 is 2.20 bits per heavy atom. The lowest BCUT2D eigenvalue weighted by Gasteiger charge is -2.60. The lowest BCUT2D eigenvalue weighted by Crippen LogP contribution is -2.61. The van der Waals surface area contributed by atoms with Crippen LogP contribution < -0.4 is 0 Å². The molecule has 41 heavy (non-hydrogen) atoms. The average Bonchev–Trinajstić information content (AvgIpc) is 3.23. The van der Waals surface area contributed by atoms with E-state index in [9.17, 15) is 30.0 Å². The first kappa shape index (κ1) is 32.2. The number of rotatable bonds is 8. The minimum Gasteiger partial charge on any atom is -0.459 e. The van der Waals surface area contributed by atoms with Gasteiger partial charge in [-0.25, -0.2) is 0 Å². The van der Waals surface area contributed by atoms with Crippen molar-refractivity contribution in [2.75, 3.05) is 0 Å². The molecule has 8 nitrogen and oxygen atoms in total. The Hall–Kier alpha value is -1.74. The summed E-state index contributed by atoms with van der Waals surface area (Å²) >= 11 is 0. The molecule has 0 spiro atoms. The van der Waals surface area contributed by atoms with Crippen molar-refractivity contribution < 1.29 is 39.5 Å². The van der Waals surface area contributed by atoms with Crippen molar-refractivity contribution >= 4 is 11.9 Å². The molecule has 4 aliphatic carbocycles. The van der Waals surface area contributed by atoms with Gasteiger partial charge in [-0.2, -0.15) is 0 Å². The van der Waals surface area contributed by atoms with Crippen LogP contribution in [-0.2, 0) is 19.1 Å². The lowest BCUT2D eigenvalue weighted by molar-refractivity contribution is -0.196. The van der Waals surface area contributed by atoms with Crippen LogP contribution in [0, 0.1) is 40.4 Å². The predicted molar refractivity (Wildman–Crippen MR) is 154 cm³/mol. The van der Waals surface area contributed by atoms with Gasteiger partial charge >= 0.3 is 11.9 Å². The fourth-order valence-corrected chi connectivity index (χ4v) is 9.51. The van der Waals surface area contributed by atoms with Gasteiger partial charge in [0.2, 0.25) is 0 Å². The Kier molecular flexibility index (Phi) is 8.69. The Bertz CT molecular complexity index is 1070. The van der Waals surface area contributed by atoms with E-state index in [-0.39, 0.29) is 46.8 Å². The highest BCUT2D eigenvalue weighted by molar-refractivity contribution is 5.67. The van der Waals surface area contributed by atoms with Crippen LogP contribution in [0.1, 0.15) is 93.4 Å². The maximum atomic E-state index is 12.3. The number of carbonyl (C=O) groups is 2. The summed E-state index contributed by atoms with van der Waals surface area (Å²) in [6, 6.07) is 0. The van der Waals surface area contributed by atoms with Crippen LogP contribution >= 0.6 is 0 Å². The van der Waals surface area contributed by atoms with Crippen molar-refractivity contribution in [3.63, 3.8) is 0 Å². The topological polar surface area (TPSA) is 134 Å². The second kappa shape index (κ2) is 11.1. The third-order valence-electron chi connectivity index (χ3n) is 12.0. The van der Waals surface area contributed by atoms with Gasteiger partial charge in [0.05, 0.1) is 23.4 Å². The maximum Gasteiger partial charge on any atom is 0.303 e. The summed E-state index contributed by atoms with van der Waals surface area (Å²) in [6.45, 7) is 16.3. The first-order chi connectivity index (χ1) is 18.9. The first-order valence-electron chi connectivity index (χ1n) is 15.4. The number of aliphatic hydroxyl groups excluding tert-OH is 2. The standard InChI is InChI=1S/C33H52O8/c1-9-33(39,18(2)3)17-27(37)32(8,38)26-11-10-22-21-16-25(40-19(4)34)28-29(41-20(5)35)24(36)13-15-31(28,7)23(21)12-14-30(22,26)6/h9,16,18,22-29,36-39H,1,10-15,17H2,2-8H3/t22?,23?,24-,25-,26-,27?,28-,29-,30-,31+,32?,33?/m0/s1. The second-order valence-corrected chi connectivity index (χ2v) is 14.5. The quantitative estimate of drug-likeness (QED) is 0.251. The third-order valence-corrected chi connectivity index (χ3v) is 12.0. The summed E-state index contributed by atoms with van der Waals surface area (Å²) in [7, 11) is 0. The van der Waals surface area contributed by atoms with Crippen LogP contribution in [0.25, 0.3) is 0 Å². The van der Waals surface area contributed by atoms with E-state index in [2.05, 4.69) is 26.5 Å². The fraction of sp³-hybridized carbons (Fsp3) is 0.818. The molecule has 0 amide bonds. The van der Waals surface area contributed by atoms with Gasteiger partial charge in [-0.15, -0.1) is 6.58 Å². The molecule has 4 aliphatic rings. The molecule has 3 saturated carbocycles. The molecule has 3 fully saturated rings. The van der Waals surface area contributed by atoms with E-state index in [0.29, 0.717) is 6.42 Å². The molecule has 4 N–H and O–H groups in total. The summed E-state index contributed by atoms with van der Waals surface area (Å²) < 4.78 is 11.6. The van der Waals surface area contributed by atoms with E-state index < -0.39 is 47.6 Å². The summed E-state index contributed by atoms with van der Waals surface area (Å²) in [4.78, 5) is 24.3. The molecule has 5 unspecified atom stereocenters. The number of carbonyl (C=O) groups excluding carboxylic acids is 2. The Morgan fingerprint density at radius 2 is 1.63 bits per heavy atom. The lowest BCUT2D eigenvalue weighted by atomic mass is 9.46. The van der Waals surface area contributed by atoms with Crippen molar-refractivity contribution in [2.24, 2.45) is 40.4 Å². The summed E-state index contributed by atoms with van der Waals surface area (Å²) in [6.07, 6.45) is 4.56. The van der Waals surface area contributed by atoms with Crippen LogP contribution in [-0.4, -0.2) is 68.0 Å². The highest BCUT2D eigenvalue weighted by atomic mass is 16.6. The van der Waals surface area contributed by atoms with E-state index in [4.69, 9.17) is 9.47 Å². The number of hydrogen-bond acceptors (Lipinski definition) is 8. The molecule has 232 valence electrons.